The van der Waals surface area contributed by atoms with Gasteiger partial charge in [-0.2, -0.15) is 28.1 Å². The number of hydrogen-bond acceptors (Lipinski definition) is 2. The minimum absolute atomic E-state index is 0.688. The molecule has 16 heavy (non-hydrogen) atoms. The van der Waals surface area contributed by atoms with Gasteiger partial charge in [-0.1, -0.05) is 24.3 Å². The van der Waals surface area contributed by atoms with Crippen molar-refractivity contribution in [1.82, 2.24) is 0 Å². The number of nitriles is 2. The van der Waals surface area contributed by atoms with E-state index < -0.39 is 23.0 Å². The Kier molecular flexibility index (Phi) is 2.86. The Hall–Kier alpha value is -2.08. The average Bonchev–Trinajstić information content (AvgIpc) is 2.29. The smallest absolute Gasteiger partial charge is 0.191 e. The fourth-order valence-electron chi connectivity index (χ4n) is 1.02. The minimum atomic E-state index is -3.72. The van der Waals surface area contributed by atoms with Crippen LogP contribution in [-0.2, 0) is 11.8 Å². The maximum absolute atomic E-state index is 12.8. The summed E-state index contributed by atoms with van der Waals surface area (Å²) >= 11 is 0. The van der Waals surface area contributed by atoms with Crippen LogP contribution in [0.2, 0.25) is 0 Å². The molecule has 1 aromatic carbocycles. The molecule has 1 aromatic rings. The fraction of sp³-hybridized carbons (Fsp3) is 0.200. The fourth-order valence-corrected chi connectivity index (χ4v) is 1.02. The lowest BCUT2D eigenvalue weighted by molar-refractivity contribution is 0.0569. The number of hydrogen-bond donors (Lipinski definition) is 0. The summed E-state index contributed by atoms with van der Waals surface area (Å²) in [7, 11) is 0. The Morgan fingerprint density at radius 1 is 0.750 bits per heavy atom. The largest absolute Gasteiger partial charge is 0.357 e. The van der Waals surface area contributed by atoms with Gasteiger partial charge in [0.25, 0.3) is 0 Å². The van der Waals surface area contributed by atoms with E-state index in [4.69, 9.17) is 10.5 Å². The second-order valence-electron chi connectivity index (χ2n) is 2.95. The number of halogens is 4. The molecule has 6 heteroatoms. The highest BCUT2D eigenvalue weighted by Crippen LogP contribution is 2.31. The molecule has 0 spiro atoms. The Labute approximate surface area is 88.3 Å². The van der Waals surface area contributed by atoms with Crippen LogP contribution in [0.4, 0.5) is 17.6 Å². The van der Waals surface area contributed by atoms with Gasteiger partial charge in [0.2, 0.25) is 0 Å². The van der Waals surface area contributed by atoms with E-state index in [1.807, 2.05) is 0 Å². The Morgan fingerprint density at radius 2 is 1.00 bits per heavy atom. The second-order valence-corrected chi connectivity index (χ2v) is 2.95. The predicted octanol–water partition coefficient (Wildman–Crippen LogP) is 2.92. The van der Waals surface area contributed by atoms with E-state index >= 15 is 0 Å². The van der Waals surface area contributed by atoms with Crippen LogP contribution in [-0.4, -0.2) is 0 Å². The molecule has 0 aliphatic heterocycles. The van der Waals surface area contributed by atoms with E-state index in [0.29, 0.717) is 24.3 Å². The van der Waals surface area contributed by atoms with Crippen molar-refractivity contribution in [1.29, 1.82) is 10.5 Å². The zero-order valence-corrected chi connectivity index (χ0v) is 7.72. The van der Waals surface area contributed by atoms with Crippen molar-refractivity contribution in [2.75, 3.05) is 0 Å². The molecular weight excluding hydrogens is 224 g/mol. The minimum Gasteiger partial charge on any atom is -0.191 e. The van der Waals surface area contributed by atoms with Gasteiger partial charge < -0.3 is 0 Å². The molecule has 0 N–H and O–H groups in total. The monoisotopic (exact) mass is 228 g/mol. The van der Waals surface area contributed by atoms with Gasteiger partial charge in [0.05, 0.1) is 0 Å². The van der Waals surface area contributed by atoms with Gasteiger partial charge in [0.15, 0.2) is 0 Å². The van der Waals surface area contributed by atoms with Crippen molar-refractivity contribution in [3.05, 3.63) is 35.4 Å². The Bertz CT molecular complexity index is 420. The Morgan fingerprint density at radius 3 is 1.19 bits per heavy atom. The standard InChI is InChI=1S/C10H4F4N2/c11-9(12,5-15)7-1-2-8(4-3-7)10(13,14)6-16/h1-4H. The van der Waals surface area contributed by atoms with Crippen molar-refractivity contribution in [3.63, 3.8) is 0 Å². The Balaban J connectivity index is 3.13. The van der Waals surface area contributed by atoms with Crippen molar-refractivity contribution >= 4 is 0 Å². The molecule has 0 aliphatic rings. The zero-order valence-electron chi connectivity index (χ0n) is 7.72. The average molecular weight is 228 g/mol. The van der Waals surface area contributed by atoms with Crippen LogP contribution >= 0.6 is 0 Å². The highest BCUT2D eigenvalue weighted by molar-refractivity contribution is 5.33. The highest BCUT2D eigenvalue weighted by atomic mass is 19.3. The topological polar surface area (TPSA) is 47.6 Å². The summed E-state index contributed by atoms with van der Waals surface area (Å²) in [5.41, 5.74) is -1.38. The molecule has 0 fully saturated rings. The van der Waals surface area contributed by atoms with Gasteiger partial charge in [-0.25, -0.2) is 0 Å². The molecule has 2 nitrogen and oxygen atoms in total. The normalized spacial score (nSPS) is 11.6. The highest BCUT2D eigenvalue weighted by Gasteiger charge is 2.34. The van der Waals surface area contributed by atoms with E-state index in [1.165, 1.54) is 0 Å². The lowest BCUT2D eigenvalue weighted by atomic mass is 10.0. The lowest BCUT2D eigenvalue weighted by Gasteiger charge is -2.10. The summed E-state index contributed by atoms with van der Waals surface area (Å²) in [6, 6.07) is 4.28. The molecule has 0 atom stereocenters. The van der Waals surface area contributed by atoms with Crippen LogP contribution in [0.25, 0.3) is 0 Å². The third-order valence-corrected chi connectivity index (χ3v) is 1.89. The maximum atomic E-state index is 12.8. The summed E-state index contributed by atoms with van der Waals surface area (Å²) in [5, 5.41) is 16.2. The van der Waals surface area contributed by atoms with Gasteiger partial charge in [-0.15, -0.1) is 0 Å². The summed E-state index contributed by atoms with van der Waals surface area (Å²) in [6.07, 6.45) is 0. The molecule has 0 amide bonds. The summed E-state index contributed by atoms with van der Waals surface area (Å²) in [4.78, 5) is 0. The first-order valence-electron chi connectivity index (χ1n) is 4.02. The van der Waals surface area contributed by atoms with E-state index in [0.717, 1.165) is 12.1 Å². The van der Waals surface area contributed by atoms with Crippen molar-refractivity contribution < 1.29 is 17.6 Å². The van der Waals surface area contributed by atoms with E-state index in [-0.39, 0.29) is 0 Å². The lowest BCUT2D eigenvalue weighted by Crippen LogP contribution is -2.13. The molecule has 0 aliphatic carbocycles. The maximum Gasteiger partial charge on any atom is 0.357 e. The van der Waals surface area contributed by atoms with Gasteiger partial charge >= 0.3 is 11.8 Å². The number of alkyl halides is 4. The van der Waals surface area contributed by atoms with Gasteiger partial charge in [0.1, 0.15) is 12.1 Å². The molecule has 0 bridgehead atoms. The third-order valence-electron chi connectivity index (χ3n) is 1.89. The zero-order chi connectivity index (χ0) is 12.4. The van der Waals surface area contributed by atoms with Gasteiger partial charge in [-0.05, 0) is 0 Å². The third kappa shape index (κ3) is 2.12. The van der Waals surface area contributed by atoms with Crippen molar-refractivity contribution in [2.24, 2.45) is 0 Å². The molecule has 0 heterocycles. The second kappa shape index (κ2) is 3.82. The van der Waals surface area contributed by atoms with Crippen LogP contribution < -0.4 is 0 Å². The van der Waals surface area contributed by atoms with E-state index in [2.05, 4.69) is 0 Å². The van der Waals surface area contributed by atoms with Gasteiger partial charge in [-0.3, -0.25) is 0 Å². The summed E-state index contributed by atoms with van der Waals surface area (Å²) < 4.78 is 51.1. The van der Waals surface area contributed by atoms with Crippen LogP contribution in [0.3, 0.4) is 0 Å². The molecular formula is C10H4F4N2. The van der Waals surface area contributed by atoms with Crippen LogP contribution in [0.15, 0.2) is 24.3 Å². The first kappa shape index (κ1) is 12.0. The van der Waals surface area contributed by atoms with E-state index in [9.17, 15) is 17.6 Å². The predicted molar refractivity (Wildman–Crippen MR) is 45.5 cm³/mol. The molecule has 0 saturated carbocycles. The van der Waals surface area contributed by atoms with Crippen LogP contribution in [0.5, 0.6) is 0 Å². The quantitative estimate of drug-likeness (QED) is 0.730. The van der Waals surface area contributed by atoms with Crippen molar-refractivity contribution in [2.45, 2.75) is 11.8 Å². The number of benzene rings is 1. The number of nitrogens with zero attached hydrogens (tertiary/aromatic N) is 2. The van der Waals surface area contributed by atoms with Gasteiger partial charge in [0, 0.05) is 11.1 Å². The summed E-state index contributed by atoms with van der Waals surface area (Å²) in [5.74, 6) is -7.44. The molecule has 82 valence electrons. The molecule has 0 saturated heterocycles. The van der Waals surface area contributed by atoms with Crippen LogP contribution in [0, 0.1) is 22.7 Å². The van der Waals surface area contributed by atoms with E-state index in [1.54, 1.807) is 0 Å². The SMILES string of the molecule is N#CC(F)(F)c1ccc(C(F)(F)C#N)cc1. The first-order valence-corrected chi connectivity index (χ1v) is 4.02. The molecule has 1 rings (SSSR count). The van der Waals surface area contributed by atoms with Crippen molar-refractivity contribution in [3.8, 4) is 12.1 Å². The van der Waals surface area contributed by atoms with Crippen LogP contribution in [0.1, 0.15) is 11.1 Å². The molecule has 0 radical (unpaired) electrons. The summed E-state index contributed by atoms with van der Waals surface area (Å²) in [6.45, 7) is 0. The first-order chi connectivity index (χ1) is 7.33. The molecule has 0 unspecified atom stereocenters. The molecule has 0 aromatic heterocycles. The number of rotatable bonds is 2.